The van der Waals surface area contributed by atoms with Crippen molar-refractivity contribution in [1.82, 2.24) is 4.90 Å². The fraction of sp³-hybridized carbons (Fsp3) is 0.458. The molecule has 2 aliphatic rings. The van der Waals surface area contributed by atoms with E-state index in [-0.39, 0.29) is 0 Å². The Bertz CT molecular complexity index is 860. The maximum absolute atomic E-state index is 12.1. The summed E-state index contributed by atoms with van der Waals surface area (Å²) in [5.41, 5.74) is 4.91. The molecular weight excluding hydrogens is 366 g/mol. The van der Waals surface area contributed by atoms with E-state index < -0.39 is 5.97 Å². The highest BCUT2D eigenvalue weighted by Crippen LogP contribution is 2.42. The van der Waals surface area contributed by atoms with Crippen LogP contribution < -0.4 is 0 Å². The summed E-state index contributed by atoms with van der Waals surface area (Å²) in [6, 6.07) is 12.3. The SMILES string of the molecule is CN1CCC(c2cc(-c3ccccc3)sc2C(=O)O)=C(C2CCCCCC2)C1. The summed E-state index contributed by atoms with van der Waals surface area (Å²) in [6.07, 6.45) is 8.74. The summed E-state index contributed by atoms with van der Waals surface area (Å²) in [5, 5.41) is 9.93. The summed E-state index contributed by atoms with van der Waals surface area (Å²) >= 11 is 1.42. The Morgan fingerprint density at radius 2 is 1.82 bits per heavy atom. The van der Waals surface area contributed by atoms with Crippen LogP contribution in [-0.2, 0) is 0 Å². The maximum atomic E-state index is 12.1. The van der Waals surface area contributed by atoms with Gasteiger partial charge in [-0.25, -0.2) is 4.79 Å². The molecule has 3 nitrogen and oxygen atoms in total. The number of carboxylic acids is 1. The maximum Gasteiger partial charge on any atom is 0.346 e. The molecule has 28 heavy (non-hydrogen) atoms. The Kier molecular flexibility index (Phi) is 5.98. The molecular formula is C24H29NO2S. The molecule has 1 fully saturated rings. The molecule has 2 aromatic rings. The molecule has 4 rings (SSSR count). The van der Waals surface area contributed by atoms with Gasteiger partial charge in [0.1, 0.15) is 4.88 Å². The van der Waals surface area contributed by atoms with Gasteiger partial charge in [0, 0.05) is 23.5 Å². The van der Waals surface area contributed by atoms with Gasteiger partial charge in [0.25, 0.3) is 0 Å². The molecule has 4 heteroatoms. The summed E-state index contributed by atoms with van der Waals surface area (Å²) in [7, 11) is 2.19. The number of benzene rings is 1. The van der Waals surface area contributed by atoms with Crippen molar-refractivity contribution in [2.75, 3.05) is 20.1 Å². The Morgan fingerprint density at radius 1 is 1.11 bits per heavy atom. The topological polar surface area (TPSA) is 40.5 Å². The van der Waals surface area contributed by atoms with E-state index in [2.05, 4.69) is 30.1 Å². The predicted octanol–water partition coefficient (Wildman–Crippen LogP) is 6.17. The van der Waals surface area contributed by atoms with E-state index in [4.69, 9.17) is 0 Å². The molecule has 1 aromatic carbocycles. The van der Waals surface area contributed by atoms with Crippen molar-refractivity contribution in [3.63, 3.8) is 0 Å². The van der Waals surface area contributed by atoms with Gasteiger partial charge in [0.2, 0.25) is 0 Å². The molecule has 0 radical (unpaired) electrons. The fourth-order valence-electron chi connectivity index (χ4n) is 4.76. The van der Waals surface area contributed by atoms with Gasteiger partial charge >= 0.3 is 5.97 Å². The zero-order valence-corrected chi connectivity index (χ0v) is 17.4. The van der Waals surface area contributed by atoms with E-state index in [1.54, 1.807) is 0 Å². The molecule has 0 bridgehead atoms. The molecule has 0 saturated heterocycles. The standard InChI is InChI=1S/C24H29NO2S/c1-25-14-13-19(21(16-25)17-9-5-2-3-6-10-17)20-15-22(28-23(20)24(26)27)18-11-7-4-8-12-18/h4,7-8,11-12,15,17H,2-3,5-6,9-10,13-14,16H2,1H3,(H,26,27). The Balaban J connectivity index is 1.80. The van der Waals surface area contributed by atoms with Crippen LogP contribution in [0.4, 0.5) is 0 Å². The van der Waals surface area contributed by atoms with Gasteiger partial charge in [0.15, 0.2) is 0 Å². The first-order valence-corrected chi connectivity index (χ1v) is 11.3. The van der Waals surface area contributed by atoms with Gasteiger partial charge in [0.05, 0.1) is 0 Å². The van der Waals surface area contributed by atoms with E-state index in [0.29, 0.717) is 10.8 Å². The van der Waals surface area contributed by atoms with Crippen LogP contribution in [0.2, 0.25) is 0 Å². The van der Waals surface area contributed by atoms with Gasteiger partial charge in [-0.2, -0.15) is 0 Å². The van der Waals surface area contributed by atoms with Gasteiger partial charge in [-0.3, -0.25) is 0 Å². The zero-order chi connectivity index (χ0) is 19.5. The molecule has 0 atom stereocenters. The number of aromatic carboxylic acids is 1. The molecule has 0 unspecified atom stereocenters. The number of thiophene rings is 1. The van der Waals surface area contributed by atoms with Crippen LogP contribution in [0.5, 0.6) is 0 Å². The van der Waals surface area contributed by atoms with Crippen molar-refractivity contribution in [2.24, 2.45) is 5.92 Å². The van der Waals surface area contributed by atoms with Crippen LogP contribution in [0.25, 0.3) is 16.0 Å². The van der Waals surface area contributed by atoms with Crippen LogP contribution in [0.1, 0.15) is 60.2 Å². The minimum absolute atomic E-state index is 0.504. The summed E-state index contributed by atoms with van der Waals surface area (Å²) in [5.74, 6) is -0.184. The van der Waals surface area contributed by atoms with E-state index in [1.807, 2.05) is 18.2 Å². The molecule has 0 spiro atoms. The molecule has 2 heterocycles. The van der Waals surface area contributed by atoms with Crippen molar-refractivity contribution >= 4 is 22.9 Å². The number of carboxylic acid groups (broad SMARTS) is 1. The van der Waals surface area contributed by atoms with E-state index in [1.165, 1.54) is 61.0 Å². The van der Waals surface area contributed by atoms with E-state index in [9.17, 15) is 9.90 Å². The Morgan fingerprint density at radius 3 is 2.50 bits per heavy atom. The number of nitrogens with zero attached hydrogens (tertiary/aromatic N) is 1. The lowest BCUT2D eigenvalue weighted by Crippen LogP contribution is -2.30. The van der Waals surface area contributed by atoms with Crippen LogP contribution in [-0.4, -0.2) is 36.1 Å². The third-order valence-corrected chi connectivity index (χ3v) is 7.40. The second-order valence-electron chi connectivity index (χ2n) is 8.20. The lowest BCUT2D eigenvalue weighted by atomic mass is 9.82. The third-order valence-electron chi connectivity index (χ3n) is 6.23. The minimum atomic E-state index is -0.797. The summed E-state index contributed by atoms with van der Waals surface area (Å²) in [6.45, 7) is 1.98. The smallest absolute Gasteiger partial charge is 0.346 e. The molecule has 0 amide bonds. The quantitative estimate of drug-likeness (QED) is 0.629. The highest BCUT2D eigenvalue weighted by molar-refractivity contribution is 7.17. The Hall–Kier alpha value is -1.91. The van der Waals surface area contributed by atoms with Crippen molar-refractivity contribution in [3.05, 3.63) is 52.4 Å². The first-order chi connectivity index (χ1) is 13.6. The van der Waals surface area contributed by atoms with E-state index in [0.717, 1.165) is 35.5 Å². The van der Waals surface area contributed by atoms with Crippen molar-refractivity contribution in [2.45, 2.75) is 44.9 Å². The number of carbonyl (C=O) groups is 1. The van der Waals surface area contributed by atoms with Crippen LogP contribution in [0, 0.1) is 5.92 Å². The zero-order valence-electron chi connectivity index (χ0n) is 16.6. The third kappa shape index (κ3) is 4.08. The second kappa shape index (κ2) is 8.62. The first-order valence-electron chi connectivity index (χ1n) is 10.5. The fourth-order valence-corrected chi connectivity index (χ4v) is 5.79. The lowest BCUT2D eigenvalue weighted by molar-refractivity contribution is 0.0702. The highest BCUT2D eigenvalue weighted by Gasteiger charge is 2.28. The second-order valence-corrected chi connectivity index (χ2v) is 9.26. The predicted molar refractivity (Wildman–Crippen MR) is 117 cm³/mol. The summed E-state index contributed by atoms with van der Waals surface area (Å²) in [4.78, 5) is 16.0. The van der Waals surface area contributed by atoms with Crippen LogP contribution in [0.3, 0.4) is 0 Å². The average Bonchev–Trinajstić information content (AvgIpc) is 2.97. The molecule has 1 aliphatic carbocycles. The van der Waals surface area contributed by atoms with Crippen LogP contribution >= 0.6 is 11.3 Å². The van der Waals surface area contributed by atoms with Crippen LogP contribution in [0.15, 0.2) is 42.0 Å². The normalized spacial score (nSPS) is 19.6. The number of rotatable bonds is 4. The average molecular weight is 396 g/mol. The molecule has 1 saturated carbocycles. The minimum Gasteiger partial charge on any atom is -0.477 e. The van der Waals surface area contributed by atoms with E-state index >= 15 is 0 Å². The Labute approximate surface area is 171 Å². The molecule has 1 aromatic heterocycles. The molecule has 1 aliphatic heterocycles. The van der Waals surface area contributed by atoms with Gasteiger partial charge in [-0.1, -0.05) is 56.0 Å². The monoisotopic (exact) mass is 395 g/mol. The molecule has 148 valence electrons. The van der Waals surface area contributed by atoms with Gasteiger partial charge in [-0.15, -0.1) is 11.3 Å². The van der Waals surface area contributed by atoms with Gasteiger partial charge < -0.3 is 10.0 Å². The van der Waals surface area contributed by atoms with Gasteiger partial charge in [-0.05, 0) is 55.0 Å². The highest BCUT2D eigenvalue weighted by atomic mass is 32.1. The number of hydrogen-bond acceptors (Lipinski definition) is 3. The number of hydrogen-bond donors (Lipinski definition) is 1. The van der Waals surface area contributed by atoms with Crippen molar-refractivity contribution in [3.8, 4) is 10.4 Å². The number of likely N-dealkylation sites (N-methyl/N-ethyl adjacent to an activating group) is 1. The first kappa shape index (κ1) is 19.4. The largest absolute Gasteiger partial charge is 0.477 e. The van der Waals surface area contributed by atoms with Crippen molar-refractivity contribution < 1.29 is 9.90 Å². The lowest BCUT2D eigenvalue weighted by Gasteiger charge is -2.32. The van der Waals surface area contributed by atoms with Crippen molar-refractivity contribution in [1.29, 1.82) is 0 Å². The summed E-state index contributed by atoms with van der Waals surface area (Å²) < 4.78 is 0. The molecule has 1 N–H and O–H groups in total.